The summed E-state index contributed by atoms with van der Waals surface area (Å²) in [5, 5.41) is 2.52. The van der Waals surface area contributed by atoms with Crippen molar-refractivity contribution in [2.24, 2.45) is 0 Å². The average Bonchev–Trinajstić information content (AvgIpc) is 3.28. The maximum Gasteiger partial charge on any atom is 0.573 e. The summed E-state index contributed by atoms with van der Waals surface area (Å²) in [4.78, 5) is 28.7. The zero-order valence-electron chi connectivity index (χ0n) is 20.8. The molecule has 0 spiro atoms. The highest BCUT2D eigenvalue weighted by atomic mass is 32.2. The minimum Gasteiger partial charge on any atom is -0.406 e. The van der Waals surface area contributed by atoms with Gasteiger partial charge in [0.1, 0.15) is 11.5 Å². The zero-order chi connectivity index (χ0) is 27.7. The number of likely N-dealkylation sites (N-methyl/N-ethyl adjacent to an activating group) is 1. The van der Waals surface area contributed by atoms with Crippen LogP contribution in [-0.4, -0.2) is 82.0 Å². The molecule has 2 atom stereocenters. The SMILES string of the molecule is CO[C@H]1CCN(CC(c2cccc(OC(F)(F)F)c2)N(C)C(=O)Cc2ccc3c(c2)NC(=O)CS3(=O)=O)C1. The van der Waals surface area contributed by atoms with Crippen molar-refractivity contribution in [3.05, 3.63) is 53.6 Å². The number of ether oxygens (including phenoxy) is 2. The van der Waals surface area contributed by atoms with Gasteiger partial charge in [0.05, 0.1) is 29.1 Å². The van der Waals surface area contributed by atoms with E-state index in [-0.39, 0.29) is 34.8 Å². The Bertz CT molecular complexity index is 1320. The van der Waals surface area contributed by atoms with Crippen LogP contribution in [0, 0.1) is 0 Å². The smallest absolute Gasteiger partial charge is 0.406 e. The summed E-state index contributed by atoms with van der Waals surface area (Å²) in [6, 6.07) is 9.26. The van der Waals surface area contributed by atoms with Gasteiger partial charge in [0.25, 0.3) is 0 Å². The molecule has 0 radical (unpaired) electrons. The van der Waals surface area contributed by atoms with E-state index in [1.54, 1.807) is 20.2 Å². The molecule has 0 bridgehead atoms. The van der Waals surface area contributed by atoms with Gasteiger partial charge in [0, 0.05) is 33.8 Å². The molecule has 2 aromatic rings. The second-order valence-electron chi connectivity index (χ2n) is 9.36. The highest BCUT2D eigenvalue weighted by molar-refractivity contribution is 7.92. The lowest BCUT2D eigenvalue weighted by atomic mass is 10.0. The molecule has 2 aromatic carbocycles. The average molecular weight is 556 g/mol. The van der Waals surface area contributed by atoms with E-state index in [2.05, 4.69) is 15.0 Å². The number of fused-ring (bicyclic) bond motifs is 1. The minimum atomic E-state index is -4.86. The first kappa shape index (κ1) is 27.9. The van der Waals surface area contributed by atoms with Crippen LogP contribution in [0.25, 0.3) is 0 Å². The molecule has 4 rings (SSSR count). The molecule has 0 aromatic heterocycles. The Hall–Kier alpha value is -3.16. The third kappa shape index (κ3) is 6.63. The fourth-order valence-corrected chi connectivity index (χ4v) is 6.03. The molecule has 2 aliphatic rings. The van der Waals surface area contributed by atoms with Crippen molar-refractivity contribution in [3.63, 3.8) is 0 Å². The van der Waals surface area contributed by atoms with Gasteiger partial charge in [-0.15, -0.1) is 13.2 Å². The van der Waals surface area contributed by atoms with Gasteiger partial charge in [0.15, 0.2) is 9.84 Å². The Kier molecular flexibility index (Phi) is 8.00. The number of rotatable bonds is 8. The predicted molar refractivity (Wildman–Crippen MR) is 131 cm³/mol. The van der Waals surface area contributed by atoms with Crippen molar-refractivity contribution in [2.45, 2.75) is 36.2 Å². The number of methoxy groups -OCH3 is 1. The number of benzene rings is 2. The molecule has 0 aliphatic carbocycles. The standard InChI is InChI=1S/C25H28F3N3O6S/c1-30(24(33)11-16-6-7-22-20(10-16)29-23(32)15-38(22,34)35)21(14-31-9-8-19(13-31)36-2)17-4-3-5-18(12-17)37-25(26,27)28/h3-7,10,12,19,21H,8-9,11,13-15H2,1-2H3,(H,29,32)/t19-,21?/m0/s1. The van der Waals surface area contributed by atoms with Gasteiger partial charge < -0.3 is 19.7 Å². The molecule has 2 amide bonds. The monoisotopic (exact) mass is 555 g/mol. The van der Waals surface area contributed by atoms with Gasteiger partial charge >= 0.3 is 6.36 Å². The van der Waals surface area contributed by atoms with Crippen molar-refractivity contribution in [1.82, 2.24) is 9.80 Å². The third-order valence-corrected chi connectivity index (χ3v) is 8.33. The number of sulfone groups is 1. The Morgan fingerprint density at radius 2 is 2.00 bits per heavy atom. The fourth-order valence-electron chi connectivity index (χ4n) is 4.74. The molecule has 38 heavy (non-hydrogen) atoms. The Labute approximate surface area is 218 Å². The summed E-state index contributed by atoms with van der Waals surface area (Å²) in [6.07, 6.45) is -4.15. The molecule has 206 valence electrons. The van der Waals surface area contributed by atoms with E-state index < -0.39 is 33.9 Å². The maximum atomic E-state index is 13.4. The van der Waals surface area contributed by atoms with Crippen LogP contribution in [-0.2, 0) is 30.6 Å². The summed E-state index contributed by atoms with van der Waals surface area (Å²) in [6.45, 7) is 1.68. The van der Waals surface area contributed by atoms with Gasteiger partial charge in [-0.2, -0.15) is 0 Å². The third-order valence-electron chi connectivity index (χ3n) is 6.66. The van der Waals surface area contributed by atoms with E-state index in [9.17, 15) is 31.2 Å². The van der Waals surface area contributed by atoms with E-state index in [1.807, 2.05) is 0 Å². The van der Waals surface area contributed by atoms with Crippen LogP contribution in [0.3, 0.4) is 0 Å². The van der Waals surface area contributed by atoms with Gasteiger partial charge in [-0.05, 0) is 41.8 Å². The Balaban J connectivity index is 1.57. The molecule has 1 N–H and O–H groups in total. The van der Waals surface area contributed by atoms with Crippen LogP contribution in [0.4, 0.5) is 18.9 Å². The number of hydrogen-bond donors (Lipinski definition) is 1. The summed E-state index contributed by atoms with van der Waals surface area (Å²) < 4.78 is 72.5. The van der Waals surface area contributed by atoms with Crippen molar-refractivity contribution < 1.29 is 40.7 Å². The van der Waals surface area contributed by atoms with Gasteiger partial charge in [-0.1, -0.05) is 18.2 Å². The molecule has 0 saturated carbocycles. The number of anilines is 1. The molecule has 1 unspecified atom stereocenters. The van der Waals surface area contributed by atoms with E-state index in [1.165, 1.54) is 41.3 Å². The molecule has 1 saturated heterocycles. The zero-order valence-corrected chi connectivity index (χ0v) is 21.6. The molecule has 1 fully saturated rings. The molecular formula is C25H28F3N3O6S. The number of nitrogens with one attached hydrogen (secondary N) is 1. The van der Waals surface area contributed by atoms with Crippen molar-refractivity contribution >= 4 is 27.3 Å². The van der Waals surface area contributed by atoms with Crippen molar-refractivity contribution in [2.75, 3.05) is 44.9 Å². The number of alkyl halides is 3. The van der Waals surface area contributed by atoms with E-state index in [0.29, 0.717) is 30.8 Å². The van der Waals surface area contributed by atoms with Crippen molar-refractivity contribution in [1.29, 1.82) is 0 Å². The van der Waals surface area contributed by atoms with Gasteiger partial charge in [-0.25, -0.2) is 8.42 Å². The second-order valence-corrected chi connectivity index (χ2v) is 11.3. The minimum absolute atomic E-state index is 0.0114. The Morgan fingerprint density at radius 3 is 2.68 bits per heavy atom. The maximum absolute atomic E-state index is 13.4. The number of carbonyl (C=O) groups excluding carboxylic acids is 2. The number of carbonyl (C=O) groups is 2. The number of amides is 2. The summed E-state index contributed by atoms with van der Waals surface area (Å²) in [7, 11) is -0.570. The lowest BCUT2D eigenvalue weighted by molar-refractivity contribution is -0.274. The lowest BCUT2D eigenvalue weighted by Crippen LogP contribution is -2.39. The Morgan fingerprint density at radius 1 is 1.24 bits per heavy atom. The van der Waals surface area contributed by atoms with Gasteiger partial charge in [0.2, 0.25) is 11.8 Å². The van der Waals surface area contributed by atoms with Crippen LogP contribution in [0.2, 0.25) is 0 Å². The number of halogens is 3. The second kappa shape index (κ2) is 10.9. The molecule has 9 nitrogen and oxygen atoms in total. The first-order valence-corrected chi connectivity index (χ1v) is 13.5. The predicted octanol–water partition coefficient (Wildman–Crippen LogP) is 2.77. The van der Waals surface area contributed by atoms with Crippen molar-refractivity contribution in [3.8, 4) is 5.75 Å². The lowest BCUT2D eigenvalue weighted by Gasteiger charge is -2.32. The van der Waals surface area contributed by atoms with Gasteiger partial charge in [-0.3, -0.25) is 14.5 Å². The van der Waals surface area contributed by atoms with Crippen LogP contribution in [0.15, 0.2) is 47.4 Å². The quantitative estimate of drug-likeness (QED) is 0.534. The fraction of sp³-hybridized carbons (Fsp3) is 0.440. The highest BCUT2D eigenvalue weighted by Crippen LogP contribution is 2.31. The topological polar surface area (TPSA) is 105 Å². The van der Waals surface area contributed by atoms with E-state index >= 15 is 0 Å². The van der Waals surface area contributed by atoms with E-state index in [0.717, 1.165) is 6.42 Å². The van der Waals surface area contributed by atoms with Crippen LogP contribution >= 0.6 is 0 Å². The molecule has 13 heteroatoms. The summed E-state index contributed by atoms with van der Waals surface area (Å²) >= 11 is 0. The number of likely N-dealkylation sites (tertiary alicyclic amines) is 1. The summed E-state index contributed by atoms with van der Waals surface area (Å²) in [5.74, 6) is -2.02. The van der Waals surface area contributed by atoms with Crippen LogP contribution in [0.5, 0.6) is 5.75 Å². The van der Waals surface area contributed by atoms with Crippen LogP contribution < -0.4 is 10.1 Å². The first-order valence-electron chi connectivity index (χ1n) is 11.9. The normalized spacial score (nSPS) is 19.9. The van der Waals surface area contributed by atoms with Crippen LogP contribution in [0.1, 0.15) is 23.6 Å². The molecule has 2 aliphatic heterocycles. The first-order chi connectivity index (χ1) is 17.8. The largest absolute Gasteiger partial charge is 0.573 e. The molecular weight excluding hydrogens is 527 g/mol. The number of nitrogens with zero attached hydrogens (tertiary/aromatic N) is 2. The summed E-state index contributed by atoms with van der Waals surface area (Å²) in [5.41, 5.74) is 1.06. The highest BCUT2D eigenvalue weighted by Gasteiger charge is 2.33. The number of hydrogen-bond acceptors (Lipinski definition) is 7. The van der Waals surface area contributed by atoms with E-state index in [4.69, 9.17) is 4.74 Å². The molecule has 2 heterocycles.